The number of para-hydroxylation sites is 1. The van der Waals surface area contributed by atoms with Gasteiger partial charge in [-0.2, -0.15) is 0 Å². The van der Waals surface area contributed by atoms with E-state index in [4.69, 9.17) is 0 Å². The van der Waals surface area contributed by atoms with Gasteiger partial charge in [0.2, 0.25) is 0 Å². The van der Waals surface area contributed by atoms with Crippen LogP contribution in [0.2, 0.25) is 0 Å². The number of aryl methyl sites for hydroxylation is 1. The lowest BCUT2D eigenvalue weighted by Gasteiger charge is -2.08. The SMILES string of the molecule is CCCc1ccc(-c2cccc3c2OC(F)(F)O3)cc1. The van der Waals surface area contributed by atoms with E-state index in [2.05, 4.69) is 16.4 Å². The van der Waals surface area contributed by atoms with Crippen molar-refractivity contribution >= 4 is 0 Å². The standard InChI is InChI=1S/C16H14F2O2/c1-2-4-11-7-9-12(10-8-11)13-5-3-6-14-15(13)20-16(17,18)19-14/h3,5-10H,2,4H2,1H3. The Bertz CT molecular complexity index is 621. The lowest BCUT2D eigenvalue weighted by atomic mass is 10.0. The molecule has 2 aromatic rings. The van der Waals surface area contributed by atoms with Crippen molar-refractivity contribution in [1.29, 1.82) is 0 Å². The highest BCUT2D eigenvalue weighted by atomic mass is 19.3. The summed E-state index contributed by atoms with van der Waals surface area (Å²) in [4.78, 5) is 0. The highest BCUT2D eigenvalue weighted by Gasteiger charge is 2.44. The normalized spacial score (nSPS) is 15.3. The van der Waals surface area contributed by atoms with E-state index in [1.54, 1.807) is 12.1 Å². The minimum Gasteiger partial charge on any atom is -0.395 e. The third kappa shape index (κ3) is 2.33. The number of ether oxygens (including phenoxy) is 2. The topological polar surface area (TPSA) is 18.5 Å². The second-order valence-electron chi connectivity index (χ2n) is 4.75. The highest BCUT2D eigenvalue weighted by molar-refractivity contribution is 5.74. The molecule has 0 aromatic heterocycles. The first kappa shape index (κ1) is 12.9. The van der Waals surface area contributed by atoms with Gasteiger partial charge in [0.25, 0.3) is 0 Å². The van der Waals surface area contributed by atoms with Crippen molar-refractivity contribution in [3.05, 3.63) is 48.0 Å². The van der Waals surface area contributed by atoms with E-state index < -0.39 is 6.29 Å². The van der Waals surface area contributed by atoms with Gasteiger partial charge in [0, 0.05) is 5.56 Å². The van der Waals surface area contributed by atoms with Gasteiger partial charge in [-0.25, -0.2) is 0 Å². The molecule has 1 heterocycles. The number of hydrogen-bond acceptors (Lipinski definition) is 2. The summed E-state index contributed by atoms with van der Waals surface area (Å²) in [6, 6.07) is 12.8. The number of halogens is 2. The highest BCUT2D eigenvalue weighted by Crippen LogP contribution is 2.46. The van der Waals surface area contributed by atoms with Crippen molar-refractivity contribution in [2.24, 2.45) is 0 Å². The molecule has 0 spiro atoms. The van der Waals surface area contributed by atoms with Gasteiger partial charge < -0.3 is 9.47 Å². The first-order chi connectivity index (χ1) is 9.59. The Morgan fingerprint density at radius 3 is 2.45 bits per heavy atom. The Morgan fingerprint density at radius 2 is 1.75 bits per heavy atom. The summed E-state index contributed by atoms with van der Waals surface area (Å²) in [5.74, 6) is 0.172. The van der Waals surface area contributed by atoms with Crippen molar-refractivity contribution < 1.29 is 18.3 Å². The van der Waals surface area contributed by atoms with Gasteiger partial charge >= 0.3 is 6.29 Å². The summed E-state index contributed by atoms with van der Waals surface area (Å²) >= 11 is 0. The van der Waals surface area contributed by atoms with Crippen LogP contribution in [0.15, 0.2) is 42.5 Å². The molecular formula is C16H14F2O2. The van der Waals surface area contributed by atoms with E-state index in [1.165, 1.54) is 11.6 Å². The molecule has 0 radical (unpaired) electrons. The minimum atomic E-state index is -3.58. The van der Waals surface area contributed by atoms with Crippen LogP contribution in [0.3, 0.4) is 0 Å². The molecule has 0 aliphatic carbocycles. The number of benzene rings is 2. The molecule has 0 fully saturated rings. The third-order valence-corrected chi connectivity index (χ3v) is 3.23. The molecule has 0 N–H and O–H groups in total. The van der Waals surface area contributed by atoms with Crippen LogP contribution in [0.25, 0.3) is 11.1 Å². The summed E-state index contributed by atoms with van der Waals surface area (Å²) < 4.78 is 35.4. The number of fused-ring (bicyclic) bond motifs is 1. The Kier molecular flexibility index (Phi) is 3.08. The van der Waals surface area contributed by atoms with Crippen LogP contribution in [0, 0.1) is 0 Å². The van der Waals surface area contributed by atoms with E-state index in [0.717, 1.165) is 18.4 Å². The zero-order valence-corrected chi connectivity index (χ0v) is 11.0. The van der Waals surface area contributed by atoms with Crippen LogP contribution in [0.5, 0.6) is 11.5 Å². The molecule has 3 rings (SSSR count). The fourth-order valence-electron chi connectivity index (χ4n) is 2.34. The van der Waals surface area contributed by atoms with Gasteiger partial charge in [0.1, 0.15) is 0 Å². The van der Waals surface area contributed by atoms with Gasteiger partial charge in [-0.1, -0.05) is 49.7 Å². The average Bonchev–Trinajstić information content (AvgIpc) is 2.73. The molecule has 0 bridgehead atoms. The fourth-order valence-corrected chi connectivity index (χ4v) is 2.34. The zero-order valence-electron chi connectivity index (χ0n) is 11.0. The molecule has 0 atom stereocenters. The largest absolute Gasteiger partial charge is 0.586 e. The molecule has 0 saturated carbocycles. The van der Waals surface area contributed by atoms with Crippen molar-refractivity contribution in [3.63, 3.8) is 0 Å². The summed E-state index contributed by atoms with van der Waals surface area (Å²) in [6.07, 6.45) is -1.51. The predicted molar refractivity (Wildman–Crippen MR) is 72.1 cm³/mol. The van der Waals surface area contributed by atoms with Crippen molar-refractivity contribution in [1.82, 2.24) is 0 Å². The molecule has 0 saturated heterocycles. The van der Waals surface area contributed by atoms with Crippen molar-refractivity contribution in [3.8, 4) is 22.6 Å². The van der Waals surface area contributed by atoms with Gasteiger partial charge in [-0.15, -0.1) is 8.78 Å². The fraction of sp³-hybridized carbons (Fsp3) is 0.250. The van der Waals surface area contributed by atoms with Crippen LogP contribution in [-0.2, 0) is 6.42 Å². The summed E-state index contributed by atoms with van der Waals surface area (Å²) in [5, 5.41) is 0. The third-order valence-electron chi connectivity index (χ3n) is 3.23. The second kappa shape index (κ2) is 4.78. The monoisotopic (exact) mass is 276 g/mol. The van der Waals surface area contributed by atoms with Crippen LogP contribution >= 0.6 is 0 Å². The Hall–Kier alpha value is -2.10. The lowest BCUT2D eigenvalue weighted by Crippen LogP contribution is -2.26. The van der Waals surface area contributed by atoms with E-state index >= 15 is 0 Å². The van der Waals surface area contributed by atoms with E-state index in [1.807, 2.05) is 24.3 Å². The van der Waals surface area contributed by atoms with Crippen LogP contribution in [0.1, 0.15) is 18.9 Å². The van der Waals surface area contributed by atoms with E-state index in [-0.39, 0.29) is 11.5 Å². The number of alkyl halides is 2. The molecule has 1 aliphatic rings. The molecule has 0 amide bonds. The number of rotatable bonds is 3. The molecule has 4 heteroatoms. The van der Waals surface area contributed by atoms with Gasteiger partial charge in [-0.3, -0.25) is 0 Å². The Labute approximate surface area is 116 Å². The predicted octanol–water partition coefficient (Wildman–Crippen LogP) is 4.63. The second-order valence-corrected chi connectivity index (χ2v) is 4.75. The van der Waals surface area contributed by atoms with Crippen LogP contribution in [0.4, 0.5) is 8.78 Å². The maximum absolute atomic E-state index is 13.2. The quantitative estimate of drug-likeness (QED) is 0.813. The van der Waals surface area contributed by atoms with Gasteiger partial charge in [0.15, 0.2) is 11.5 Å². The first-order valence-electron chi connectivity index (χ1n) is 6.57. The first-order valence-corrected chi connectivity index (χ1v) is 6.57. The molecular weight excluding hydrogens is 262 g/mol. The summed E-state index contributed by atoms with van der Waals surface area (Å²) in [5.41, 5.74) is 2.68. The maximum atomic E-state index is 13.2. The molecule has 0 unspecified atom stereocenters. The van der Waals surface area contributed by atoms with Crippen molar-refractivity contribution in [2.75, 3.05) is 0 Å². The lowest BCUT2D eigenvalue weighted by molar-refractivity contribution is -0.286. The van der Waals surface area contributed by atoms with Crippen molar-refractivity contribution in [2.45, 2.75) is 26.1 Å². The zero-order chi connectivity index (χ0) is 14.2. The molecule has 2 aromatic carbocycles. The van der Waals surface area contributed by atoms with E-state index in [0.29, 0.717) is 5.56 Å². The average molecular weight is 276 g/mol. The maximum Gasteiger partial charge on any atom is 0.586 e. The van der Waals surface area contributed by atoms with E-state index in [9.17, 15) is 8.78 Å². The minimum absolute atomic E-state index is 0.0742. The van der Waals surface area contributed by atoms with Crippen LogP contribution in [-0.4, -0.2) is 6.29 Å². The Morgan fingerprint density at radius 1 is 1.00 bits per heavy atom. The molecule has 2 nitrogen and oxygen atoms in total. The molecule has 20 heavy (non-hydrogen) atoms. The molecule has 1 aliphatic heterocycles. The van der Waals surface area contributed by atoms with Gasteiger partial charge in [0.05, 0.1) is 0 Å². The van der Waals surface area contributed by atoms with Crippen LogP contribution < -0.4 is 9.47 Å². The van der Waals surface area contributed by atoms with Gasteiger partial charge in [-0.05, 0) is 23.6 Å². The Balaban J connectivity index is 1.98. The number of hydrogen-bond donors (Lipinski definition) is 0. The smallest absolute Gasteiger partial charge is 0.395 e. The molecule has 104 valence electrons. The summed E-state index contributed by atoms with van der Waals surface area (Å²) in [6.45, 7) is 2.12. The summed E-state index contributed by atoms with van der Waals surface area (Å²) in [7, 11) is 0.